The summed E-state index contributed by atoms with van der Waals surface area (Å²) < 4.78 is 10.8. The van der Waals surface area contributed by atoms with E-state index in [1.165, 1.54) is 0 Å². The van der Waals surface area contributed by atoms with Gasteiger partial charge in [0.25, 0.3) is 0 Å². The molecule has 0 spiro atoms. The molecular weight excluding hydrogens is 190 g/mol. The van der Waals surface area contributed by atoms with E-state index in [2.05, 4.69) is 0 Å². The van der Waals surface area contributed by atoms with Crippen LogP contribution in [0.2, 0.25) is 0 Å². The molecule has 1 heterocycles. The van der Waals surface area contributed by atoms with Crippen molar-refractivity contribution in [2.24, 2.45) is 5.73 Å². The number of hydrogen-bond acceptors (Lipinski definition) is 3. The second kappa shape index (κ2) is 5.07. The molecule has 0 radical (unpaired) electrons. The molecule has 1 aliphatic rings. The first-order chi connectivity index (χ1) is 7.40. The van der Waals surface area contributed by atoms with Crippen LogP contribution in [-0.2, 0) is 9.47 Å². The highest BCUT2D eigenvalue weighted by molar-refractivity contribution is 5.49. The van der Waals surface area contributed by atoms with Crippen LogP contribution in [0.5, 0.6) is 0 Å². The van der Waals surface area contributed by atoms with Crippen molar-refractivity contribution >= 4 is 6.08 Å². The zero-order chi connectivity index (χ0) is 10.5. The van der Waals surface area contributed by atoms with Crippen LogP contribution in [0, 0.1) is 0 Å². The minimum absolute atomic E-state index is 0.183. The van der Waals surface area contributed by atoms with Crippen LogP contribution >= 0.6 is 0 Å². The van der Waals surface area contributed by atoms with E-state index < -0.39 is 0 Å². The van der Waals surface area contributed by atoms with E-state index in [1.807, 2.05) is 36.4 Å². The van der Waals surface area contributed by atoms with Gasteiger partial charge in [0.2, 0.25) is 0 Å². The molecule has 0 saturated carbocycles. The lowest BCUT2D eigenvalue weighted by molar-refractivity contribution is -0.0441. The number of rotatable bonds is 3. The van der Waals surface area contributed by atoms with Gasteiger partial charge in [-0.25, -0.2) is 0 Å². The lowest BCUT2D eigenvalue weighted by Crippen LogP contribution is -1.97. The zero-order valence-electron chi connectivity index (χ0n) is 8.56. The molecule has 0 aromatic heterocycles. The average molecular weight is 205 g/mol. The highest BCUT2D eigenvalue weighted by atomic mass is 16.7. The Morgan fingerprint density at radius 1 is 1.20 bits per heavy atom. The maximum atomic E-state index is 5.40. The van der Waals surface area contributed by atoms with Crippen molar-refractivity contribution in [3.05, 3.63) is 41.5 Å². The minimum atomic E-state index is -0.183. The van der Waals surface area contributed by atoms with Gasteiger partial charge in [-0.2, -0.15) is 0 Å². The van der Waals surface area contributed by atoms with Crippen molar-refractivity contribution in [2.75, 3.05) is 19.8 Å². The molecule has 2 rings (SSSR count). The Morgan fingerprint density at radius 2 is 1.87 bits per heavy atom. The summed E-state index contributed by atoms with van der Waals surface area (Å²) in [7, 11) is 0. The summed E-state index contributed by atoms with van der Waals surface area (Å²) in [4.78, 5) is 0. The third-order valence-corrected chi connectivity index (χ3v) is 2.28. The number of benzene rings is 1. The van der Waals surface area contributed by atoms with Crippen molar-refractivity contribution in [2.45, 2.75) is 6.29 Å². The SMILES string of the molecule is NCC=Cc1ccc(C2OCCO2)cc1. The number of ether oxygens (including phenoxy) is 2. The topological polar surface area (TPSA) is 44.5 Å². The van der Waals surface area contributed by atoms with E-state index in [-0.39, 0.29) is 6.29 Å². The van der Waals surface area contributed by atoms with Gasteiger partial charge in [0, 0.05) is 12.1 Å². The monoisotopic (exact) mass is 205 g/mol. The first kappa shape index (κ1) is 10.4. The van der Waals surface area contributed by atoms with Gasteiger partial charge in [-0.1, -0.05) is 36.4 Å². The molecule has 3 nitrogen and oxygen atoms in total. The molecule has 0 aliphatic carbocycles. The summed E-state index contributed by atoms with van der Waals surface area (Å²) in [6.45, 7) is 1.93. The molecule has 1 saturated heterocycles. The largest absolute Gasteiger partial charge is 0.346 e. The smallest absolute Gasteiger partial charge is 0.184 e. The highest BCUT2D eigenvalue weighted by Crippen LogP contribution is 2.23. The third-order valence-electron chi connectivity index (χ3n) is 2.28. The quantitative estimate of drug-likeness (QED) is 0.817. The second-order valence-corrected chi connectivity index (χ2v) is 3.38. The molecule has 1 aromatic carbocycles. The lowest BCUT2D eigenvalue weighted by atomic mass is 10.1. The van der Waals surface area contributed by atoms with Crippen molar-refractivity contribution in [3.8, 4) is 0 Å². The first-order valence-corrected chi connectivity index (χ1v) is 5.10. The van der Waals surface area contributed by atoms with Gasteiger partial charge >= 0.3 is 0 Å². The fourth-order valence-corrected chi connectivity index (χ4v) is 1.52. The highest BCUT2D eigenvalue weighted by Gasteiger charge is 2.17. The van der Waals surface area contributed by atoms with Crippen LogP contribution in [0.1, 0.15) is 17.4 Å². The summed E-state index contributed by atoms with van der Waals surface area (Å²) in [6, 6.07) is 8.11. The van der Waals surface area contributed by atoms with Crippen LogP contribution in [0.25, 0.3) is 6.08 Å². The normalized spacial score (nSPS) is 17.7. The van der Waals surface area contributed by atoms with Crippen LogP contribution in [-0.4, -0.2) is 19.8 Å². The van der Waals surface area contributed by atoms with Gasteiger partial charge in [-0.05, 0) is 5.56 Å². The Labute approximate surface area is 89.5 Å². The second-order valence-electron chi connectivity index (χ2n) is 3.38. The summed E-state index contributed by atoms with van der Waals surface area (Å²) in [6.07, 6.45) is 3.75. The average Bonchev–Trinajstić information content (AvgIpc) is 2.80. The van der Waals surface area contributed by atoms with Gasteiger partial charge in [-0.15, -0.1) is 0 Å². The summed E-state index contributed by atoms with van der Waals surface area (Å²) >= 11 is 0. The molecule has 15 heavy (non-hydrogen) atoms. The molecule has 3 heteroatoms. The van der Waals surface area contributed by atoms with Crippen LogP contribution in [0.4, 0.5) is 0 Å². The van der Waals surface area contributed by atoms with Crippen LogP contribution < -0.4 is 5.73 Å². The summed E-state index contributed by atoms with van der Waals surface area (Å²) in [5.74, 6) is 0. The zero-order valence-corrected chi connectivity index (χ0v) is 8.56. The van der Waals surface area contributed by atoms with Crippen LogP contribution in [0.15, 0.2) is 30.3 Å². The number of nitrogens with two attached hydrogens (primary N) is 1. The summed E-state index contributed by atoms with van der Waals surface area (Å²) in [5.41, 5.74) is 7.59. The summed E-state index contributed by atoms with van der Waals surface area (Å²) in [5, 5.41) is 0. The molecule has 1 aromatic rings. The van der Waals surface area contributed by atoms with E-state index in [9.17, 15) is 0 Å². The van der Waals surface area contributed by atoms with Crippen LogP contribution in [0.3, 0.4) is 0 Å². The fraction of sp³-hybridized carbons (Fsp3) is 0.333. The molecule has 1 aliphatic heterocycles. The maximum absolute atomic E-state index is 5.40. The van der Waals surface area contributed by atoms with E-state index in [0.29, 0.717) is 19.8 Å². The molecule has 0 bridgehead atoms. The predicted molar refractivity (Wildman–Crippen MR) is 59.2 cm³/mol. The standard InChI is InChI=1S/C12H15NO2/c13-7-1-2-10-3-5-11(6-4-10)12-14-8-9-15-12/h1-6,12H,7-9,13H2. The van der Waals surface area contributed by atoms with Crippen molar-refractivity contribution in [3.63, 3.8) is 0 Å². The van der Waals surface area contributed by atoms with Gasteiger partial charge in [0.1, 0.15) is 0 Å². The molecule has 2 N–H and O–H groups in total. The Balaban J connectivity index is 2.06. The van der Waals surface area contributed by atoms with Gasteiger partial charge in [0.05, 0.1) is 13.2 Å². The Kier molecular flexibility index (Phi) is 3.50. The van der Waals surface area contributed by atoms with Crippen molar-refractivity contribution < 1.29 is 9.47 Å². The molecular formula is C12H15NO2. The minimum Gasteiger partial charge on any atom is -0.346 e. The Morgan fingerprint density at radius 3 is 2.47 bits per heavy atom. The lowest BCUT2D eigenvalue weighted by Gasteiger charge is -2.08. The molecule has 0 unspecified atom stereocenters. The van der Waals surface area contributed by atoms with Gasteiger partial charge in [-0.3, -0.25) is 0 Å². The van der Waals surface area contributed by atoms with Crippen molar-refractivity contribution in [1.29, 1.82) is 0 Å². The Hall–Kier alpha value is -1.16. The van der Waals surface area contributed by atoms with Gasteiger partial charge < -0.3 is 15.2 Å². The third kappa shape index (κ3) is 2.65. The van der Waals surface area contributed by atoms with E-state index in [0.717, 1.165) is 11.1 Å². The maximum Gasteiger partial charge on any atom is 0.184 e. The molecule has 0 amide bonds. The number of hydrogen-bond donors (Lipinski definition) is 1. The fourth-order valence-electron chi connectivity index (χ4n) is 1.52. The Bertz CT molecular complexity index is 326. The van der Waals surface area contributed by atoms with E-state index in [1.54, 1.807) is 0 Å². The van der Waals surface area contributed by atoms with Crippen molar-refractivity contribution in [1.82, 2.24) is 0 Å². The molecule has 0 atom stereocenters. The predicted octanol–water partition coefficient (Wildman–Crippen LogP) is 1.70. The van der Waals surface area contributed by atoms with E-state index in [4.69, 9.17) is 15.2 Å². The van der Waals surface area contributed by atoms with E-state index >= 15 is 0 Å². The molecule has 80 valence electrons. The van der Waals surface area contributed by atoms with Gasteiger partial charge in [0.15, 0.2) is 6.29 Å². The first-order valence-electron chi connectivity index (χ1n) is 5.10. The molecule has 1 fully saturated rings.